The second kappa shape index (κ2) is 6.57. The first kappa shape index (κ1) is 15.8. The van der Waals surface area contributed by atoms with Crippen LogP contribution < -0.4 is 0 Å². The Balaban J connectivity index is 1.97. The lowest BCUT2D eigenvalue weighted by Crippen LogP contribution is -1.92. The molecule has 1 heterocycles. The van der Waals surface area contributed by atoms with Gasteiger partial charge in [-0.15, -0.1) is 11.3 Å². The van der Waals surface area contributed by atoms with Gasteiger partial charge in [0.15, 0.2) is 0 Å². The van der Waals surface area contributed by atoms with Crippen molar-refractivity contribution in [1.29, 1.82) is 0 Å². The molecular weight excluding hydrogens is 356 g/mol. The zero-order chi connectivity index (χ0) is 16.4. The number of aromatic nitrogens is 1. The van der Waals surface area contributed by atoms with Crippen molar-refractivity contribution in [2.24, 2.45) is 0 Å². The van der Waals surface area contributed by atoms with Gasteiger partial charge < -0.3 is 5.11 Å². The van der Waals surface area contributed by atoms with Crippen LogP contribution >= 0.6 is 34.7 Å². The normalized spacial score (nSPS) is 10.7. The van der Waals surface area contributed by atoms with E-state index in [-0.39, 0.29) is 11.6 Å². The minimum atomic E-state index is -0.421. The van der Waals surface area contributed by atoms with Gasteiger partial charge >= 0.3 is 0 Å². The van der Waals surface area contributed by atoms with E-state index in [0.717, 1.165) is 4.90 Å². The highest BCUT2D eigenvalue weighted by Crippen LogP contribution is 2.38. The monoisotopic (exact) mass is 364 g/mol. The highest BCUT2D eigenvalue weighted by atomic mass is 35.5. The lowest BCUT2D eigenvalue weighted by Gasteiger charge is -2.05. The summed E-state index contributed by atoms with van der Waals surface area (Å²) >= 11 is 8.37. The van der Waals surface area contributed by atoms with Crippen LogP contribution in [0.4, 0.5) is 5.69 Å². The molecule has 0 saturated heterocycles. The average Bonchev–Trinajstić information content (AvgIpc) is 2.96. The van der Waals surface area contributed by atoms with E-state index in [2.05, 4.69) is 4.98 Å². The van der Waals surface area contributed by atoms with E-state index in [9.17, 15) is 15.2 Å². The van der Waals surface area contributed by atoms with Gasteiger partial charge in [-0.1, -0.05) is 29.4 Å². The lowest BCUT2D eigenvalue weighted by atomic mass is 10.2. The minimum absolute atomic E-state index is 0.00265. The van der Waals surface area contributed by atoms with E-state index in [1.807, 2.05) is 12.1 Å². The second-order valence-corrected chi connectivity index (χ2v) is 6.92. The van der Waals surface area contributed by atoms with Crippen molar-refractivity contribution in [1.82, 2.24) is 4.98 Å². The number of benzene rings is 2. The van der Waals surface area contributed by atoms with E-state index in [4.69, 9.17) is 11.6 Å². The van der Waals surface area contributed by atoms with Crippen LogP contribution in [0.25, 0.3) is 10.6 Å². The second-order valence-electron chi connectivity index (χ2n) is 4.51. The Morgan fingerprint density at radius 1 is 1.22 bits per heavy atom. The van der Waals surface area contributed by atoms with Gasteiger partial charge in [-0.05, 0) is 30.3 Å². The zero-order valence-corrected chi connectivity index (χ0v) is 13.9. The van der Waals surface area contributed by atoms with Gasteiger partial charge in [0.1, 0.15) is 5.01 Å². The number of hydrogen-bond acceptors (Lipinski definition) is 6. The molecule has 0 aliphatic heterocycles. The number of aromatic hydroxyl groups is 1. The topological polar surface area (TPSA) is 76.3 Å². The molecule has 0 fully saturated rings. The van der Waals surface area contributed by atoms with Crippen molar-refractivity contribution >= 4 is 40.4 Å². The highest BCUT2D eigenvalue weighted by Gasteiger charge is 2.17. The Bertz CT molecular complexity index is 865. The maximum absolute atomic E-state index is 11.4. The Kier molecular flexibility index (Phi) is 4.51. The van der Waals surface area contributed by atoms with E-state index >= 15 is 0 Å². The summed E-state index contributed by atoms with van der Waals surface area (Å²) in [6.45, 7) is 0. The van der Waals surface area contributed by atoms with Crippen molar-refractivity contribution in [3.8, 4) is 16.5 Å². The molecule has 0 amide bonds. The smallest absolute Gasteiger partial charge is 0.283 e. The molecule has 8 heteroatoms. The molecule has 0 saturated carbocycles. The van der Waals surface area contributed by atoms with Crippen LogP contribution in [0, 0.1) is 10.1 Å². The van der Waals surface area contributed by atoms with Gasteiger partial charge in [-0.3, -0.25) is 10.1 Å². The molecule has 1 aromatic heterocycles. The Morgan fingerprint density at radius 2 is 1.96 bits per heavy atom. The van der Waals surface area contributed by atoms with Gasteiger partial charge in [0.25, 0.3) is 5.69 Å². The van der Waals surface area contributed by atoms with Crippen LogP contribution in [-0.2, 0) is 0 Å². The molecular formula is C15H9ClN2O3S2. The number of rotatable bonds is 4. The quantitative estimate of drug-likeness (QED) is 0.506. The van der Waals surface area contributed by atoms with Crippen LogP contribution in [0.15, 0.2) is 57.6 Å². The summed E-state index contributed by atoms with van der Waals surface area (Å²) in [6, 6.07) is 12.0. The standard InChI is InChI=1S/C15H9ClN2O3S2/c16-10-2-4-11(5-3-10)23-13-6-1-9(7-12(13)18(20)21)15-17-14(19)8-22-15/h1-8,19H. The summed E-state index contributed by atoms with van der Waals surface area (Å²) in [6.07, 6.45) is 0. The maximum atomic E-state index is 11.4. The minimum Gasteiger partial charge on any atom is -0.493 e. The number of hydrogen-bond donors (Lipinski definition) is 1. The number of nitro benzene ring substituents is 1. The SMILES string of the molecule is O=[N+]([O-])c1cc(-c2nc(O)cs2)ccc1Sc1ccc(Cl)cc1. The van der Waals surface area contributed by atoms with Crippen molar-refractivity contribution in [2.75, 3.05) is 0 Å². The van der Waals surface area contributed by atoms with E-state index < -0.39 is 4.92 Å². The zero-order valence-electron chi connectivity index (χ0n) is 11.5. The number of thiazole rings is 1. The van der Waals surface area contributed by atoms with Crippen molar-refractivity contribution < 1.29 is 10.0 Å². The molecule has 0 aliphatic rings. The molecule has 0 spiro atoms. The number of nitro groups is 1. The van der Waals surface area contributed by atoms with E-state index in [1.54, 1.807) is 24.3 Å². The summed E-state index contributed by atoms with van der Waals surface area (Å²) < 4.78 is 0. The molecule has 0 unspecified atom stereocenters. The van der Waals surface area contributed by atoms with Crippen LogP contribution in [-0.4, -0.2) is 15.0 Å². The molecule has 3 aromatic rings. The van der Waals surface area contributed by atoms with Crippen molar-refractivity contribution in [2.45, 2.75) is 9.79 Å². The molecule has 116 valence electrons. The third kappa shape index (κ3) is 3.64. The van der Waals surface area contributed by atoms with Gasteiger partial charge in [0, 0.05) is 21.5 Å². The predicted molar refractivity (Wildman–Crippen MR) is 91.4 cm³/mol. The first-order valence-corrected chi connectivity index (χ1v) is 8.47. The molecule has 0 bridgehead atoms. The Hall–Kier alpha value is -2.09. The third-order valence-corrected chi connectivity index (χ3v) is 5.14. The van der Waals surface area contributed by atoms with Crippen LogP contribution in [0.3, 0.4) is 0 Å². The molecule has 5 nitrogen and oxygen atoms in total. The molecule has 0 aliphatic carbocycles. The molecule has 23 heavy (non-hydrogen) atoms. The van der Waals surface area contributed by atoms with Gasteiger partial charge in [-0.25, -0.2) is 4.98 Å². The fourth-order valence-corrected chi connectivity index (χ4v) is 3.61. The molecule has 2 aromatic carbocycles. The average molecular weight is 365 g/mol. The molecule has 0 radical (unpaired) electrons. The van der Waals surface area contributed by atoms with Crippen molar-refractivity contribution in [3.05, 3.63) is 63.0 Å². The number of nitrogens with zero attached hydrogens (tertiary/aromatic N) is 2. The maximum Gasteiger partial charge on any atom is 0.283 e. The Morgan fingerprint density at radius 3 is 2.57 bits per heavy atom. The molecule has 0 atom stereocenters. The fraction of sp³-hybridized carbons (Fsp3) is 0. The summed E-state index contributed by atoms with van der Waals surface area (Å²) in [4.78, 5) is 16.3. The van der Waals surface area contributed by atoms with Crippen LogP contribution in [0.5, 0.6) is 5.88 Å². The van der Waals surface area contributed by atoms with Crippen molar-refractivity contribution in [3.63, 3.8) is 0 Å². The summed E-state index contributed by atoms with van der Waals surface area (Å²) in [7, 11) is 0. The largest absolute Gasteiger partial charge is 0.493 e. The van der Waals surface area contributed by atoms with Crippen LogP contribution in [0.1, 0.15) is 0 Å². The summed E-state index contributed by atoms with van der Waals surface area (Å²) in [5, 5.41) is 23.3. The first-order chi connectivity index (χ1) is 11.0. The van der Waals surface area contributed by atoms with Crippen LogP contribution in [0.2, 0.25) is 5.02 Å². The lowest BCUT2D eigenvalue weighted by molar-refractivity contribution is -0.387. The molecule has 1 N–H and O–H groups in total. The van der Waals surface area contributed by atoms with E-state index in [0.29, 0.717) is 20.5 Å². The fourth-order valence-electron chi connectivity index (χ4n) is 1.91. The van der Waals surface area contributed by atoms with Gasteiger partial charge in [0.05, 0.1) is 15.2 Å². The number of halogens is 1. The van der Waals surface area contributed by atoms with E-state index in [1.165, 1.54) is 34.5 Å². The highest BCUT2D eigenvalue weighted by molar-refractivity contribution is 7.99. The third-order valence-electron chi connectivity index (χ3n) is 2.94. The Labute approximate surface area is 144 Å². The first-order valence-electron chi connectivity index (χ1n) is 6.39. The van der Waals surface area contributed by atoms with Gasteiger partial charge in [0.2, 0.25) is 5.88 Å². The predicted octanol–water partition coefficient (Wildman–Crippen LogP) is 5.23. The molecule has 3 rings (SSSR count). The summed E-state index contributed by atoms with van der Waals surface area (Å²) in [5.74, 6) is -0.0905. The summed E-state index contributed by atoms with van der Waals surface area (Å²) in [5.41, 5.74) is 0.597. The van der Waals surface area contributed by atoms with Gasteiger partial charge in [-0.2, -0.15) is 0 Å².